The number of carbonyl (C=O) groups is 1. The molecule has 9 heteroatoms. The molecule has 0 spiro atoms. The van der Waals surface area contributed by atoms with Gasteiger partial charge in [0, 0.05) is 0 Å². The molecule has 0 aliphatic carbocycles. The summed E-state index contributed by atoms with van der Waals surface area (Å²) in [4.78, 5) is 32.0. The summed E-state index contributed by atoms with van der Waals surface area (Å²) < 4.78 is 15.3. The van der Waals surface area contributed by atoms with Gasteiger partial charge in [-0.3, -0.25) is 9.36 Å². The van der Waals surface area contributed by atoms with Gasteiger partial charge in [-0.15, -0.1) is 0 Å². The van der Waals surface area contributed by atoms with E-state index in [2.05, 4.69) is 45.2 Å². The largest absolute Gasteiger partial charge is 0.487 e. The lowest BCUT2D eigenvalue weighted by Crippen LogP contribution is -2.40. The lowest BCUT2D eigenvalue weighted by Gasteiger charge is -2.25. The van der Waals surface area contributed by atoms with Crippen molar-refractivity contribution in [2.45, 2.75) is 26.0 Å². The van der Waals surface area contributed by atoms with Gasteiger partial charge in [0.05, 0.1) is 36.1 Å². The van der Waals surface area contributed by atoms with Gasteiger partial charge in [0.1, 0.15) is 12.4 Å². The fraction of sp³-hybridized carbons (Fsp3) is 0.167. The quantitative estimate of drug-likeness (QED) is 0.182. The predicted octanol–water partition coefficient (Wildman–Crippen LogP) is 5.59. The number of benzene rings is 3. The molecule has 39 heavy (non-hydrogen) atoms. The lowest BCUT2D eigenvalue weighted by molar-refractivity contribution is -0.136. The van der Waals surface area contributed by atoms with E-state index in [1.165, 1.54) is 18.4 Å². The van der Waals surface area contributed by atoms with Crippen molar-refractivity contribution in [1.82, 2.24) is 4.57 Å². The molecule has 5 rings (SSSR count). The second-order valence-corrected chi connectivity index (χ2v) is 12.1. The van der Waals surface area contributed by atoms with Gasteiger partial charge >= 0.3 is 5.97 Å². The molecule has 2 heterocycles. The summed E-state index contributed by atoms with van der Waals surface area (Å²) in [5.41, 5.74) is 3.65. The van der Waals surface area contributed by atoms with Crippen LogP contribution in [0.25, 0.3) is 6.08 Å². The second kappa shape index (κ2) is 12.2. The van der Waals surface area contributed by atoms with Gasteiger partial charge in [-0.2, -0.15) is 0 Å². The highest BCUT2D eigenvalue weighted by Crippen LogP contribution is 2.32. The number of methoxy groups -OCH3 is 1. The molecule has 3 aromatic carbocycles. The number of rotatable bonds is 7. The molecule has 198 valence electrons. The van der Waals surface area contributed by atoms with Crippen molar-refractivity contribution < 1.29 is 14.3 Å². The Kier molecular flexibility index (Phi) is 8.67. The minimum Gasteiger partial charge on any atom is -0.487 e. The number of fused-ring (bicyclic) bond motifs is 1. The van der Waals surface area contributed by atoms with Crippen LogP contribution in [0.2, 0.25) is 0 Å². The maximum atomic E-state index is 13.8. The first-order valence-electron chi connectivity index (χ1n) is 12.2. The highest BCUT2D eigenvalue weighted by molar-refractivity contribution is 14.1. The number of hydrogen-bond acceptors (Lipinski definition) is 6. The van der Waals surface area contributed by atoms with Crippen molar-refractivity contribution in [1.29, 1.82) is 0 Å². The molecule has 0 saturated heterocycles. The predicted molar refractivity (Wildman–Crippen MR) is 169 cm³/mol. The van der Waals surface area contributed by atoms with Crippen molar-refractivity contribution in [2.24, 2.45) is 4.99 Å². The number of esters is 1. The molecule has 1 aliphatic heterocycles. The maximum absolute atomic E-state index is 13.8. The molecular weight excluding hydrogens is 738 g/mol. The molecule has 0 bridgehead atoms. The molecule has 1 aliphatic rings. The van der Waals surface area contributed by atoms with Gasteiger partial charge in [0.15, 0.2) is 4.80 Å². The molecule has 0 saturated carbocycles. The van der Waals surface area contributed by atoms with Gasteiger partial charge < -0.3 is 9.47 Å². The Bertz CT molecular complexity index is 1720. The van der Waals surface area contributed by atoms with E-state index in [1.807, 2.05) is 85.8 Å². The number of allylic oxidation sites excluding steroid dienone is 1. The standard InChI is InChI=1S/C30H24I2N2O4S/c1-3-23-25(29(36)37-2)26(20-12-8-5-9-13-20)34-28(35)24(39-30(34)33-23)16-19-14-21(31)27(22(32)15-19)38-17-18-10-6-4-7-11-18/h4-16,26H,3,17H2,1-2H3/b24-16-/t26-/m0/s1. The molecule has 1 aromatic heterocycles. The number of aromatic nitrogens is 1. The Hall–Kier alpha value is -2.77. The zero-order valence-corrected chi connectivity index (χ0v) is 26.3. The molecule has 0 radical (unpaired) electrons. The topological polar surface area (TPSA) is 69.9 Å². The van der Waals surface area contributed by atoms with Gasteiger partial charge in [-0.1, -0.05) is 78.9 Å². The highest BCUT2D eigenvalue weighted by atomic mass is 127. The molecule has 0 amide bonds. The lowest BCUT2D eigenvalue weighted by atomic mass is 9.95. The van der Waals surface area contributed by atoms with Gasteiger partial charge in [0.25, 0.3) is 5.56 Å². The summed E-state index contributed by atoms with van der Waals surface area (Å²) in [5, 5.41) is 0. The third kappa shape index (κ3) is 5.75. The summed E-state index contributed by atoms with van der Waals surface area (Å²) in [6.45, 7) is 2.43. The van der Waals surface area contributed by atoms with Gasteiger partial charge in [0.2, 0.25) is 0 Å². The number of carbonyl (C=O) groups excluding carboxylic acids is 1. The Labute approximate surface area is 257 Å². The number of hydrogen-bond donors (Lipinski definition) is 0. The van der Waals surface area contributed by atoms with Crippen LogP contribution in [0.5, 0.6) is 5.75 Å². The second-order valence-electron chi connectivity index (χ2n) is 8.79. The van der Waals surface area contributed by atoms with Crippen LogP contribution >= 0.6 is 56.5 Å². The van der Waals surface area contributed by atoms with Crippen LogP contribution in [0.3, 0.4) is 0 Å². The zero-order valence-electron chi connectivity index (χ0n) is 21.2. The first kappa shape index (κ1) is 27.8. The fourth-order valence-electron chi connectivity index (χ4n) is 4.50. The summed E-state index contributed by atoms with van der Waals surface area (Å²) in [6, 6.07) is 23.0. The minimum absolute atomic E-state index is 0.196. The van der Waals surface area contributed by atoms with Crippen LogP contribution < -0.4 is 19.6 Å². The molecule has 6 nitrogen and oxygen atoms in total. The van der Waals surface area contributed by atoms with Gasteiger partial charge in [-0.25, -0.2) is 9.79 Å². The highest BCUT2D eigenvalue weighted by Gasteiger charge is 2.33. The van der Waals surface area contributed by atoms with Crippen LogP contribution in [0, 0.1) is 7.14 Å². The third-order valence-electron chi connectivity index (χ3n) is 6.31. The summed E-state index contributed by atoms with van der Waals surface area (Å²) >= 11 is 5.86. The number of halogens is 2. The molecule has 1 atom stereocenters. The molecule has 0 N–H and O–H groups in total. The molecular formula is C30H24I2N2O4S. The number of nitrogens with zero attached hydrogens (tertiary/aromatic N) is 2. The van der Waals surface area contributed by atoms with Gasteiger partial charge in [-0.05, 0) is 86.5 Å². The van der Waals surface area contributed by atoms with Crippen molar-refractivity contribution in [3.8, 4) is 5.75 Å². The number of ether oxygens (including phenoxy) is 2. The molecule has 0 fully saturated rings. The maximum Gasteiger partial charge on any atom is 0.338 e. The Morgan fingerprint density at radius 1 is 1.05 bits per heavy atom. The average molecular weight is 762 g/mol. The average Bonchev–Trinajstić information content (AvgIpc) is 3.26. The summed E-state index contributed by atoms with van der Waals surface area (Å²) in [5.74, 6) is 0.340. The Balaban J connectivity index is 1.58. The Morgan fingerprint density at radius 2 is 1.69 bits per heavy atom. The monoisotopic (exact) mass is 762 g/mol. The fourth-order valence-corrected chi connectivity index (χ4v) is 7.64. The smallest absolute Gasteiger partial charge is 0.338 e. The van der Waals surface area contributed by atoms with E-state index in [0.717, 1.165) is 29.6 Å². The zero-order chi connectivity index (χ0) is 27.5. The molecule has 4 aromatic rings. The van der Waals surface area contributed by atoms with Crippen LogP contribution in [-0.4, -0.2) is 17.6 Å². The van der Waals surface area contributed by atoms with E-state index in [1.54, 1.807) is 4.57 Å². The van der Waals surface area contributed by atoms with E-state index in [9.17, 15) is 9.59 Å². The van der Waals surface area contributed by atoms with E-state index < -0.39 is 12.0 Å². The van der Waals surface area contributed by atoms with Crippen LogP contribution in [0.1, 0.15) is 36.1 Å². The third-order valence-corrected chi connectivity index (χ3v) is 8.90. The van der Waals surface area contributed by atoms with E-state index in [-0.39, 0.29) is 5.56 Å². The van der Waals surface area contributed by atoms with Crippen LogP contribution in [0.4, 0.5) is 0 Å². The van der Waals surface area contributed by atoms with Crippen molar-refractivity contribution >= 4 is 68.6 Å². The van der Waals surface area contributed by atoms with E-state index in [0.29, 0.717) is 33.6 Å². The van der Waals surface area contributed by atoms with Crippen molar-refractivity contribution in [3.05, 3.63) is 128 Å². The Morgan fingerprint density at radius 3 is 2.31 bits per heavy atom. The molecule has 0 unspecified atom stereocenters. The summed E-state index contributed by atoms with van der Waals surface area (Å²) in [6.07, 6.45) is 2.42. The van der Waals surface area contributed by atoms with Crippen molar-refractivity contribution in [3.63, 3.8) is 0 Å². The van der Waals surface area contributed by atoms with E-state index in [4.69, 9.17) is 14.5 Å². The van der Waals surface area contributed by atoms with E-state index >= 15 is 0 Å². The SMILES string of the molecule is CCC1=C(C(=O)OC)[C@H](c2ccccc2)n2c(s/c(=C\c3cc(I)c(OCc4ccccc4)c(I)c3)c2=O)=N1. The first-order chi connectivity index (χ1) is 18.9. The minimum atomic E-state index is -0.610. The van der Waals surface area contributed by atoms with Crippen LogP contribution in [-0.2, 0) is 16.1 Å². The summed E-state index contributed by atoms with van der Waals surface area (Å²) in [7, 11) is 1.35. The number of thiazole rings is 1. The van der Waals surface area contributed by atoms with Crippen molar-refractivity contribution in [2.75, 3.05) is 7.11 Å². The first-order valence-corrected chi connectivity index (χ1v) is 15.2. The normalized spacial score (nSPS) is 15.1. The van der Waals surface area contributed by atoms with Crippen LogP contribution in [0.15, 0.2) is 93.9 Å².